The summed E-state index contributed by atoms with van der Waals surface area (Å²) >= 11 is 3.47. The topological polar surface area (TPSA) is 44.8 Å². The van der Waals surface area contributed by atoms with Crippen molar-refractivity contribution in [3.05, 3.63) is 22.2 Å². The van der Waals surface area contributed by atoms with Crippen LogP contribution >= 0.6 is 15.9 Å². The van der Waals surface area contributed by atoms with Crippen molar-refractivity contribution in [3.63, 3.8) is 0 Å². The van der Waals surface area contributed by atoms with Crippen LogP contribution in [0.4, 0.5) is 0 Å². The summed E-state index contributed by atoms with van der Waals surface area (Å²) in [5.74, 6) is 1.39. The van der Waals surface area contributed by atoms with Crippen molar-refractivity contribution in [3.8, 4) is 11.5 Å². The molecule has 0 saturated carbocycles. The first-order chi connectivity index (χ1) is 9.65. The van der Waals surface area contributed by atoms with Gasteiger partial charge in [0.05, 0.1) is 25.9 Å². The highest BCUT2D eigenvalue weighted by atomic mass is 79.9. The summed E-state index contributed by atoms with van der Waals surface area (Å²) in [5, 5.41) is 0. The van der Waals surface area contributed by atoms with E-state index in [1.165, 1.54) is 0 Å². The number of Topliss-reactive ketones (excluding diaryl/α,β-unsaturated/α-hetero) is 1. The Bertz CT molecular complexity index is 529. The minimum Gasteiger partial charge on any atom is -0.490 e. The number of carbonyl (C=O) groups excluding carboxylic acids is 1. The predicted octanol–water partition coefficient (Wildman–Crippen LogP) is 3.22. The van der Waals surface area contributed by atoms with E-state index in [0.717, 1.165) is 17.3 Å². The Hall–Kier alpha value is -1.07. The molecule has 2 unspecified atom stereocenters. The number of benzene rings is 1. The highest BCUT2D eigenvalue weighted by Gasteiger charge is 2.30. The zero-order valence-corrected chi connectivity index (χ0v) is 12.9. The molecule has 0 spiro atoms. The number of hydrogen-bond donors (Lipinski definition) is 0. The van der Waals surface area contributed by atoms with E-state index in [0.29, 0.717) is 36.9 Å². The molecule has 2 aliphatic rings. The van der Waals surface area contributed by atoms with Gasteiger partial charge < -0.3 is 14.2 Å². The van der Waals surface area contributed by atoms with Gasteiger partial charge in [0, 0.05) is 22.4 Å². The van der Waals surface area contributed by atoms with E-state index in [1.54, 1.807) is 6.07 Å². The van der Waals surface area contributed by atoms with Gasteiger partial charge >= 0.3 is 0 Å². The van der Waals surface area contributed by atoms with Gasteiger partial charge in [0.15, 0.2) is 17.3 Å². The van der Waals surface area contributed by atoms with Crippen LogP contribution in [0.2, 0.25) is 0 Å². The molecule has 1 fully saturated rings. The Kier molecular flexibility index (Phi) is 3.98. The van der Waals surface area contributed by atoms with E-state index in [4.69, 9.17) is 14.2 Å². The summed E-state index contributed by atoms with van der Waals surface area (Å²) in [6, 6.07) is 3.61. The molecule has 0 aromatic heterocycles. The first kappa shape index (κ1) is 13.9. The van der Waals surface area contributed by atoms with Gasteiger partial charge in [0.1, 0.15) is 0 Å². The third-order valence-electron chi connectivity index (χ3n) is 3.67. The molecule has 3 rings (SSSR count). The third kappa shape index (κ3) is 2.69. The summed E-state index contributed by atoms with van der Waals surface area (Å²) in [6.07, 6.45) is 1.78. The van der Waals surface area contributed by atoms with Crippen molar-refractivity contribution in [2.75, 3.05) is 19.8 Å². The van der Waals surface area contributed by atoms with Crippen LogP contribution < -0.4 is 9.47 Å². The van der Waals surface area contributed by atoms with Crippen LogP contribution in [-0.2, 0) is 4.74 Å². The van der Waals surface area contributed by atoms with Crippen LogP contribution in [0.25, 0.3) is 0 Å². The Morgan fingerprint density at radius 1 is 1.25 bits per heavy atom. The summed E-state index contributed by atoms with van der Waals surface area (Å²) in [5.41, 5.74) is 0.650. The molecule has 0 N–H and O–H groups in total. The molecule has 0 bridgehead atoms. The number of ketones is 1. The Labute approximate surface area is 126 Å². The van der Waals surface area contributed by atoms with Crippen molar-refractivity contribution in [2.24, 2.45) is 5.92 Å². The SMILES string of the molecule is CC1CC(C(=O)c2cc3c(cc2Br)OCCCO3)CO1. The largest absolute Gasteiger partial charge is 0.490 e. The maximum atomic E-state index is 12.6. The van der Waals surface area contributed by atoms with Gasteiger partial charge in [-0.05, 0) is 41.4 Å². The van der Waals surface area contributed by atoms with Crippen molar-refractivity contribution < 1.29 is 19.0 Å². The lowest BCUT2D eigenvalue weighted by Crippen LogP contribution is -2.15. The zero-order chi connectivity index (χ0) is 14.1. The Morgan fingerprint density at radius 3 is 2.60 bits per heavy atom. The van der Waals surface area contributed by atoms with E-state index >= 15 is 0 Å². The van der Waals surface area contributed by atoms with Gasteiger partial charge in [0.25, 0.3) is 0 Å². The third-order valence-corrected chi connectivity index (χ3v) is 4.33. The molecule has 20 heavy (non-hydrogen) atoms. The lowest BCUT2D eigenvalue weighted by Gasteiger charge is -2.13. The Balaban J connectivity index is 1.89. The second kappa shape index (κ2) is 5.74. The fourth-order valence-electron chi connectivity index (χ4n) is 2.59. The first-order valence-electron chi connectivity index (χ1n) is 6.90. The standard InChI is InChI=1S/C15H17BrO4/c1-9-5-10(8-20-9)15(17)11-6-13-14(7-12(11)16)19-4-2-3-18-13/h6-7,9-10H,2-5,8H2,1H3. The molecule has 2 heterocycles. The summed E-state index contributed by atoms with van der Waals surface area (Å²) < 4.78 is 17.5. The monoisotopic (exact) mass is 340 g/mol. The van der Waals surface area contributed by atoms with E-state index in [9.17, 15) is 4.79 Å². The van der Waals surface area contributed by atoms with Gasteiger partial charge in [0.2, 0.25) is 0 Å². The predicted molar refractivity (Wildman–Crippen MR) is 77.6 cm³/mol. The van der Waals surface area contributed by atoms with E-state index in [-0.39, 0.29) is 17.8 Å². The maximum absolute atomic E-state index is 12.6. The summed E-state index contributed by atoms with van der Waals surface area (Å²) in [7, 11) is 0. The van der Waals surface area contributed by atoms with E-state index < -0.39 is 0 Å². The van der Waals surface area contributed by atoms with Crippen LogP contribution in [0.1, 0.15) is 30.1 Å². The molecule has 0 radical (unpaired) electrons. The molecule has 108 valence electrons. The van der Waals surface area contributed by atoms with Crippen molar-refractivity contribution in [1.82, 2.24) is 0 Å². The van der Waals surface area contributed by atoms with Crippen LogP contribution in [0.5, 0.6) is 11.5 Å². The van der Waals surface area contributed by atoms with Gasteiger partial charge in [-0.2, -0.15) is 0 Å². The Morgan fingerprint density at radius 2 is 1.95 bits per heavy atom. The van der Waals surface area contributed by atoms with E-state index in [1.807, 2.05) is 13.0 Å². The molecule has 0 amide bonds. The molecule has 5 heteroatoms. The quantitative estimate of drug-likeness (QED) is 0.775. The minimum absolute atomic E-state index is 0.0638. The molecule has 0 aliphatic carbocycles. The zero-order valence-electron chi connectivity index (χ0n) is 11.4. The number of hydrogen-bond acceptors (Lipinski definition) is 4. The summed E-state index contributed by atoms with van der Waals surface area (Å²) in [4.78, 5) is 12.6. The lowest BCUT2D eigenvalue weighted by atomic mass is 9.95. The van der Waals surface area contributed by atoms with Crippen LogP contribution in [0.3, 0.4) is 0 Å². The number of carbonyl (C=O) groups is 1. The maximum Gasteiger partial charge on any atom is 0.169 e. The van der Waals surface area contributed by atoms with Gasteiger partial charge in [-0.25, -0.2) is 0 Å². The minimum atomic E-state index is -0.0638. The molecule has 2 atom stereocenters. The second-order valence-electron chi connectivity index (χ2n) is 5.27. The molecular formula is C15H17BrO4. The number of ether oxygens (including phenoxy) is 3. The molecule has 4 nitrogen and oxygen atoms in total. The molecule has 1 saturated heterocycles. The van der Waals surface area contributed by atoms with E-state index in [2.05, 4.69) is 15.9 Å². The van der Waals surface area contributed by atoms with Gasteiger partial charge in [-0.3, -0.25) is 4.79 Å². The summed E-state index contributed by atoms with van der Waals surface area (Å²) in [6.45, 7) is 3.75. The second-order valence-corrected chi connectivity index (χ2v) is 6.12. The van der Waals surface area contributed by atoms with Gasteiger partial charge in [-0.1, -0.05) is 0 Å². The molecule has 1 aromatic carbocycles. The average Bonchev–Trinajstić information content (AvgIpc) is 2.73. The van der Waals surface area contributed by atoms with Crippen molar-refractivity contribution in [1.29, 1.82) is 0 Å². The molecular weight excluding hydrogens is 324 g/mol. The number of halogens is 1. The first-order valence-corrected chi connectivity index (χ1v) is 7.69. The lowest BCUT2D eigenvalue weighted by molar-refractivity contribution is 0.0876. The van der Waals surface area contributed by atoms with Crippen LogP contribution in [0.15, 0.2) is 16.6 Å². The smallest absolute Gasteiger partial charge is 0.169 e. The van der Waals surface area contributed by atoms with Crippen molar-refractivity contribution in [2.45, 2.75) is 25.9 Å². The van der Waals surface area contributed by atoms with Crippen molar-refractivity contribution >= 4 is 21.7 Å². The normalized spacial score (nSPS) is 25.3. The van der Waals surface area contributed by atoms with Gasteiger partial charge in [-0.15, -0.1) is 0 Å². The number of fused-ring (bicyclic) bond motifs is 1. The van der Waals surface area contributed by atoms with Crippen LogP contribution in [0, 0.1) is 5.92 Å². The highest BCUT2D eigenvalue weighted by molar-refractivity contribution is 9.10. The highest BCUT2D eigenvalue weighted by Crippen LogP contribution is 2.37. The fraction of sp³-hybridized carbons (Fsp3) is 0.533. The average molecular weight is 341 g/mol. The molecule has 2 aliphatic heterocycles. The fourth-order valence-corrected chi connectivity index (χ4v) is 3.11. The molecule has 1 aromatic rings. The van der Waals surface area contributed by atoms with Crippen LogP contribution in [-0.4, -0.2) is 31.7 Å². The number of rotatable bonds is 2.